The van der Waals surface area contributed by atoms with Gasteiger partial charge in [-0.15, -0.1) is 0 Å². The summed E-state index contributed by atoms with van der Waals surface area (Å²) in [5.74, 6) is -1.43. The Morgan fingerprint density at radius 2 is 2.19 bits per heavy atom. The quantitative estimate of drug-likeness (QED) is 0.589. The second-order valence-corrected chi connectivity index (χ2v) is 3.74. The summed E-state index contributed by atoms with van der Waals surface area (Å²) in [5.41, 5.74) is -0.944. The van der Waals surface area contributed by atoms with Crippen molar-refractivity contribution in [1.29, 1.82) is 0 Å². The molecule has 0 amide bonds. The summed E-state index contributed by atoms with van der Waals surface area (Å²) >= 11 is 0. The van der Waals surface area contributed by atoms with Gasteiger partial charge in [0.15, 0.2) is 0 Å². The maximum atomic E-state index is 11.9. The van der Waals surface area contributed by atoms with E-state index in [0.29, 0.717) is 11.1 Å². The molecule has 1 aromatic rings. The lowest BCUT2D eigenvalue weighted by Crippen LogP contribution is -2.45. The fraction of sp³-hybridized carbons (Fsp3) is 0.333. The number of aliphatic hydroxyl groups is 1. The Morgan fingerprint density at radius 3 is 2.81 bits per heavy atom. The van der Waals surface area contributed by atoms with Crippen molar-refractivity contribution in [3.8, 4) is 0 Å². The van der Waals surface area contributed by atoms with Crippen molar-refractivity contribution in [2.45, 2.75) is 18.9 Å². The first-order chi connectivity index (χ1) is 7.59. The summed E-state index contributed by atoms with van der Waals surface area (Å²) in [4.78, 5) is 23.4. The minimum Gasteiger partial charge on any atom is -0.463 e. The smallest absolute Gasteiger partial charge is 0.346 e. The van der Waals surface area contributed by atoms with Crippen molar-refractivity contribution in [1.82, 2.24) is 0 Å². The van der Waals surface area contributed by atoms with Crippen LogP contribution in [0.5, 0.6) is 0 Å². The highest BCUT2D eigenvalue weighted by Crippen LogP contribution is 2.30. The number of ether oxygens (including phenoxy) is 1. The van der Waals surface area contributed by atoms with Gasteiger partial charge in [0.05, 0.1) is 6.61 Å². The molecule has 1 atom stereocenters. The molecule has 0 bridgehead atoms. The first-order valence-corrected chi connectivity index (χ1v) is 5.12. The monoisotopic (exact) mass is 220 g/mol. The standard InChI is InChI=1S/C12H12O4/c1-2-16-11(14)12(15)7-8-5-3-4-6-9(8)10(12)13/h3-6,15H,2,7H2,1H3/t12-/m1/s1. The Labute approximate surface area is 92.8 Å². The molecule has 0 fully saturated rings. The fourth-order valence-corrected chi connectivity index (χ4v) is 1.89. The van der Waals surface area contributed by atoms with Crippen molar-refractivity contribution >= 4 is 11.8 Å². The SMILES string of the molecule is CCOC(=O)[C@@]1(O)Cc2ccccc2C1=O. The molecule has 2 rings (SSSR count). The summed E-state index contributed by atoms with van der Waals surface area (Å²) in [5, 5.41) is 10.1. The predicted molar refractivity (Wildman–Crippen MR) is 56.1 cm³/mol. The van der Waals surface area contributed by atoms with Crippen LogP contribution in [0, 0.1) is 0 Å². The molecule has 84 valence electrons. The highest BCUT2D eigenvalue weighted by Gasteiger charge is 2.51. The first-order valence-electron chi connectivity index (χ1n) is 5.12. The van der Waals surface area contributed by atoms with Crippen LogP contribution in [-0.2, 0) is 16.0 Å². The van der Waals surface area contributed by atoms with Gasteiger partial charge in [-0.2, -0.15) is 0 Å². The van der Waals surface area contributed by atoms with Crippen molar-refractivity contribution < 1.29 is 19.4 Å². The van der Waals surface area contributed by atoms with E-state index < -0.39 is 17.4 Å². The lowest BCUT2D eigenvalue weighted by molar-refractivity contribution is -0.159. The number of hydrogen-bond acceptors (Lipinski definition) is 4. The van der Waals surface area contributed by atoms with Gasteiger partial charge < -0.3 is 9.84 Å². The van der Waals surface area contributed by atoms with Crippen molar-refractivity contribution in [3.05, 3.63) is 35.4 Å². The highest BCUT2D eigenvalue weighted by atomic mass is 16.5. The van der Waals surface area contributed by atoms with E-state index in [-0.39, 0.29) is 13.0 Å². The zero-order valence-electron chi connectivity index (χ0n) is 8.90. The topological polar surface area (TPSA) is 63.6 Å². The fourth-order valence-electron chi connectivity index (χ4n) is 1.89. The summed E-state index contributed by atoms with van der Waals surface area (Å²) in [7, 11) is 0. The third kappa shape index (κ3) is 1.42. The molecule has 0 radical (unpaired) electrons. The predicted octanol–water partition coefficient (Wildman–Crippen LogP) is 0.720. The second-order valence-electron chi connectivity index (χ2n) is 3.74. The van der Waals surface area contributed by atoms with E-state index >= 15 is 0 Å². The van der Waals surface area contributed by atoms with E-state index in [4.69, 9.17) is 4.74 Å². The van der Waals surface area contributed by atoms with Crippen molar-refractivity contribution in [2.75, 3.05) is 6.61 Å². The molecule has 0 aliphatic heterocycles. The average Bonchev–Trinajstić information content (AvgIpc) is 2.54. The van der Waals surface area contributed by atoms with E-state index in [2.05, 4.69) is 0 Å². The Bertz CT molecular complexity index is 452. The molecule has 0 unspecified atom stereocenters. The second kappa shape index (κ2) is 3.72. The van der Waals surface area contributed by atoms with Gasteiger partial charge in [-0.25, -0.2) is 4.79 Å². The molecule has 0 saturated carbocycles. The van der Waals surface area contributed by atoms with Gasteiger partial charge in [0.25, 0.3) is 0 Å². The molecule has 0 aromatic heterocycles. The molecule has 1 N–H and O–H groups in total. The van der Waals surface area contributed by atoms with Crippen molar-refractivity contribution in [3.63, 3.8) is 0 Å². The van der Waals surface area contributed by atoms with Crippen LogP contribution in [0.15, 0.2) is 24.3 Å². The van der Waals surface area contributed by atoms with E-state index in [1.165, 1.54) is 0 Å². The number of fused-ring (bicyclic) bond motifs is 1. The highest BCUT2D eigenvalue weighted by molar-refractivity contribution is 6.18. The number of ketones is 1. The molecule has 16 heavy (non-hydrogen) atoms. The Kier molecular flexibility index (Phi) is 2.52. The summed E-state index contributed by atoms with van der Waals surface area (Å²) < 4.78 is 4.72. The molecule has 0 heterocycles. The van der Waals surface area contributed by atoms with Gasteiger partial charge in [-0.3, -0.25) is 4.79 Å². The van der Waals surface area contributed by atoms with Gasteiger partial charge in [-0.1, -0.05) is 24.3 Å². The number of rotatable bonds is 2. The molecule has 0 saturated heterocycles. The number of hydrogen-bond donors (Lipinski definition) is 1. The Morgan fingerprint density at radius 1 is 1.50 bits per heavy atom. The maximum absolute atomic E-state index is 11.9. The first kappa shape index (κ1) is 10.8. The number of carbonyl (C=O) groups is 2. The number of benzene rings is 1. The van der Waals surface area contributed by atoms with E-state index in [0.717, 1.165) is 0 Å². The minimum atomic E-state index is -2.03. The molecule has 1 aliphatic rings. The third-order valence-electron chi connectivity index (χ3n) is 2.70. The summed E-state index contributed by atoms with van der Waals surface area (Å²) in [6, 6.07) is 6.80. The molecule has 1 aliphatic carbocycles. The number of Topliss-reactive ketones (excluding diaryl/α,β-unsaturated/α-hetero) is 1. The lowest BCUT2D eigenvalue weighted by Gasteiger charge is -2.17. The molecule has 0 spiro atoms. The Hall–Kier alpha value is -1.68. The van der Waals surface area contributed by atoms with Gasteiger partial charge in [0, 0.05) is 12.0 Å². The van der Waals surface area contributed by atoms with Gasteiger partial charge in [0.2, 0.25) is 11.4 Å². The summed E-state index contributed by atoms with van der Waals surface area (Å²) in [6.07, 6.45) is 0.000833. The average molecular weight is 220 g/mol. The van der Waals surface area contributed by atoms with E-state index in [9.17, 15) is 14.7 Å². The van der Waals surface area contributed by atoms with Crippen LogP contribution in [0.2, 0.25) is 0 Å². The van der Waals surface area contributed by atoms with Crippen LogP contribution in [0.25, 0.3) is 0 Å². The van der Waals surface area contributed by atoms with Gasteiger partial charge in [-0.05, 0) is 12.5 Å². The van der Waals surface area contributed by atoms with Crippen LogP contribution >= 0.6 is 0 Å². The van der Waals surface area contributed by atoms with Gasteiger partial charge >= 0.3 is 5.97 Å². The zero-order valence-corrected chi connectivity index (χ0v) is 8.90. The van der Waals surface area contributed by atoms with E-state index in [1.807, 2.05) is 0 Å². The minimum absolute atomic E-state index is 0.000833. The third-order valence-corrected chi connectivity index (χ3v) is 2.70. The zero-order chi connectivity index (χ0) is 11.8. The normalized spacial score (nSPS) is 23.0. The van der Waals surface area contributed by atoms with Crippen LogP contribution < -0.4 is 0 Å². The van der Waals surface area contributed by atoms with Crippen molar-refractivity contribution in [2.24, 2.45) is 0 Å². The molecule has 1 aromatic carbocycles. The van der Waals surface area contributed by atoms with Crippen LogP contribution in [-0.4, -0.2) is 29.1 Å². The molecular weight excluding hydrogens is 208 g/mol. The maximum Gasteiger partial charge on any atom is 0.346 e. The van der Waals surface area contributed by atoms with Crippen LogP contribution in [0.4, 0.5) is 0 Å². The number of esters is 1. The largest absolute Gasteiger partial charge is 0.463 e. The van der Waals surface area contributed by atoms with Crippen LogP contribution in [0.3, 0.4) is 0 Å². The Balaban J connectivity index is 2.37. The molecule has 4 nitrogen and oxygen atoms in total. The van der Waals surface area contributed by atoms with Gasteiger partial charge in [0.1, 0.15) is 0 Å². The lowest BCUT2D eigenvalue weighted by atomic mass is 10.00. The summed E-state index contributed by atoms with van der Waals surface area (Å²) in [6.45, 7) is 1.78. The molecular formula is C12H12O4. The number of carbonyl (C=O) groups excluding carboxylic acids is 2. The van der Waals surface area contributed by atoms with Crippen LogP contribution in [0.1, 0.15) is 22.8 Å². The van der Waals surface area contributed by atoms with E-state index in [1.54, 1.807) is 31.2 Å². The molecule has 4 heteroatoms.